The number of hydrogen-bond donors (Lipinski definition) is 1. The first-order valence-corrected chi connectivity index (χ1v) is 5.56. The van der Waals surface area contributed by atoms with Gasteiger partial charge >= 0.3 is 0 Å². The minimum atomic E-state index is -0.0878. The first-order valence-electron chi connectivity index (χ1n) is 5.56. The highest BCUT2D eigenvalue weighted by molar-refractivity contribution is 5.09. The second-order valence-electron chi connectivity index (χ2n) is 4.60. The van der Waals surface area contributed by atoms with E-state index in [1.54, 1.807) is 7.11 Å². The van der Waals surface area contributed by atoms with E-state index < -0.39 is 0 Å². The molecular formula is C12H23NO. The first-order chi connectivity index (χ1) is 6.60. The lowest BCUT2D eigenvalue weighted by Crippen LogP contribution is -2.49. The molecule has 0 aromatic heterocycles. The Labute approximate surface area is 87.5 Å². The number of ether oxygens (including phenoxy) is 1. The Bertz CT molecular complexity index is 200. The van der Waals surface area contributed by atoms with Gasteiger partial charge in [-0.2, -0.15) is 0 Å². The summed E-state index contributed by atoms with van der Waals surface area (Å²) in [6.45, 7) is 4.18. The molecule has 1 atom stereocenters. The van der Waals surface area contributed by atoms with Crippen LogP contribution in [0.25, 0.3) is 0 Å². The zero-order valence-corrected chi connectivity index (χ0v) is 9.68. The summed E-state index contributed by atoms with van der Waals surface area (Å²) in [5.41, 5.74) is 7.38. The number of nitrogens with two attached hydrogens (primary N) is 1. The SMILES string of the molecule is COC1(C(N)C=C(C)C)CCCCC1. The molecule has 1 unspecified atom stereocenters. The second kappa shape index (κ2) is 4.94. The number of allylic oxidation sites excluding steroid dienone is 1. The van der Waals surface area contributed by atoms with E-state index in [2.05, 4.69) is 19.9 Å². The lowest BCUT2D eigenvalue weighted by atomic mass is 9.79. The van der Waals surface area contributed by atoms with E-state index >= 15 is 0 Å². The predicted molar refractivity (Wildman–Crippen MR) is 60.2 cm³/mol. The monoisotopic (exact) mass is 197 g/mol. The van der Waals surface area contributed by atoms with Crippen molar-refractivity contribution < 1.29 is 4.74 Å². The molecule has 1 fully saturated rings. The molecule has 0 radical (unpaired) electrons. The van der Waals surface area contributed by atoms with Gasteiger partial charge in [0.1, 0.15) is 0 Å². The molecule has 2 heteroatoms. The summed E-state index contributed by atoms with van der Waals surface area (Å²) in [5, 5.41) is 0. The molecule has 2 nitrogen and oxygen atoms in total. The fraction of sp³-hybridized carbons (Fsp3) is 0.833. The van der Waals surface area contributed by atoms with E-state index in [0.29, 0.717) is 0 Å². The highest BCUT2D eigenvalue weighted by Crippen LogP contribution is 2.33. The van der Waals surface area contributed by atoms with Crippen molar-refractivity contribution in [1.82, 2.24) is 0 Å². The lowest BCUT2D eigenvalue weighted by molar-refractivity contribution is -0.0481. The summed E-state index contributed by atoms with van der Waals surface area (Å²) in [5.74, 6) is 0. The molecule has 0 aromatic carbocycles. The molecule has 0 saturated heterocycles. The van der Waals surface area contributed by atoms with E-state index in [9.17, 15) is 0 Å². The Morgan fingerprint density at radius 1 is 1.29 bits per heavy atom. The highest BCUT2D eigenvalue weighted by Gasteiger charge is 2.36. The standard InChI is InChI=1S/C12H23NO/c1-10(2)9-11(13)12(14-3)7-5-4-6-8-12/h9,11H,4-8,13H2,1-3H3. The third kappa shape index (κ3) is 2.58. The van der Waals surface area contributed by atoms with Crippen LogP contribution in [0.3, 0.4) is 0 Å². The normalized spacial score (nSPS) is 22.9. The van der Waals surface area contributed by atoms with E-state index in [1.165, 1.54) is 24.8 Å². The molecule has 0 aromatic rings. The van der Waals surface area contributed by atoms with Gasteiger partial charge in [-0.3, -0.25) is 0 Å². The molecule has 0 bridgehead atoms. The van der Waals surface area contributed by atoms with Crippen LogP contribution in [0.5, 0.6) is 0 Å². The van der Waals surface area contributed by atoms with Crippen molar-refractivity contribution in [3.05, 3.63) is 11.6 Å². The van der Waals surface area contributed by atoms with Crippen molar-refractivity contribution in [2.24, 2.45) is 5.73 Å². The van der Waals surface area contributed by atoms with E-state index in [-0.39, 0.29) is 11.6 Å². The summed E-state index contributed by atoms with van der Waals surface area (Å²) < 4.78 is 5.67. The fourth-order valence-electron chi connectivity index (χ4n) is 2.33. The van der Waals surface area contributed by atoms with Crippen molar-refractivity contribution in [2.75, 3.05) is 7.11 Å². The van der Waals surface area contributed by atoms with Crippen LogP contribution in [0.15, 0.2) is 11.6 Å². The molecule has 14 heavy (non-hydrogen) atoms. The Kier molecular flexibility index (Phi) is 4.14. The molecule has 0 heterocycles. The van der Waals surface area contributed by atoms with Crippen LogP contribution in [0.1, 0.15) is 46.0 Å². The van der Waals surface area contributed by atoms with Crippen LogP contribution in [0.4, 0.5) is 0 Å². The zero-order chi connectivity index (χ0) is 10.6. The summed E-state index contributed by atoms with van der Waals surface area (Å²) in [6, 6.07) is 0.0535. The molecule has 0 spiro atoms. The molecule has 1 rings (SSSR count). The van der Waals surface area contributed by atoms with Crippen molar-refractivity contribution in [1.29, 1.82) is 0 Å². The van der Waals surface area contributed by atoms with E-state index in [4.69, 9.17) is 10.5 Å². The molecule has 1 aliphatic carbocycles. The maximum absolute atomic E-state index is 6.19. The maximum Gasteiger partial charge on any atom is 0.0864 e. The highest BCUT2D eigenvalue weighted by atomic mass is 16.5. The summed E-state index contributed by atoms with van der Waals surface area (Å²) in [4.78, 5) is 0. The Morgan fingerprint density at radius 2 is 1.86 bits per heavy atom. The van der Waals surface area contributed by atoms with Crippen molar-refractivity contribution in [3.8, 4) is 0 Å². The summed E-state index contributed by atoms with van der Waals surface area (Å²) in [7, 11) is 1.80. The largest absolute Gasteiger partial charge is 0.376 e. The van der Waals surface area contributed by atoms with Crippen LogP contribution in [-0.2, 0) is 4.74 Å². The number of rotatable bonds is 3. The van der Waals surface area contributed by atoms with Crippen LogP contribution < -0.4 is 5.73 Å². The van der Waals surface area contributed by atoms with Gasteiger partial charge in [0.2, 0.25) is 0 Å². The third-order valence-electron chi connectivity index (χ3n) is 3.23. The Hall–Kier alpha value is -0.340. The summed E-state index contributed by atoms with van der Waals surface area (Å²) >= 11 is 0. The average molecular weight is 197 g/mol. The fourth-order valence-corrected chi connectivity index (χ4v) is 2.33. The van der Waals surface area contributed by atoms with Crippen LogP contribution >= 0.6 is 0 Å². The zero-order valence-electron chi connectivity index (χ0n) is 9.68. The van der Waals surface area contributed by atoms with Crippen molar-refractivity contribution >= 4 is 0 Å². The Balaban J connectivity index is 2.72. The third-order valence-corrected chi connectivity index (χ3v) is 3.23. The van der Waals surface area contributed by atoms with Crippen LogP contribution in [-0.4, -0.2) is 18.8 Å². The molecule has 1 aliphatic rings. The van der Waals surface area contributed by atoms with Crippen LogP contribution in [0, 0.1) is 0 Å². The summed E-state index contributed by atoms with van der Waals surface area (Å²) in [6.07, 6.45) is 8.17. The second-order valence-corrected chi connectivity index (χ2v) is 4.60. The first kappa shape index (κ1) is 11.7. The molecule has 82 valence electrons. The van der Waals surface area contributed by atoms with E-state index in [0.717, 1.165) is 12.8 Å². The maximum atomic E-state index is 6.19. The smallest absolute Gasteiger partial charge is 0.0864 e. The van der Waals surface area contributed by atoms with Gasteiger partial charge in [0.25, 0.3) is 0 Å². The van der Waals surface area contributed by atoms with Gasteiger partial charge in [-0.25, -0.2) is 0 Å². The number of hydrogen-bond acceptors (Lipinski definition) is 2. The van der Waals surface area contributed by atoms with Gasteiger partial charge in [0.15, 0.2) is 0 Å². The van der Waals surface area contributed by atoms with Gasteiger partial charge in [-0.05, 0) is 26.7 Å². The van der Waals surface area contributed by atoms with Gasteiger partial charge in [-0.15, -0.1) is 0 Å². The number of methoxy groups -OCH3 is 1. The molecule has 2 N–H and O–H groups in total. The predicted octanol–water partition coefficient (Wildman–Crippen LogP) is 2.63. The van der Waals surface area contributed by atoms with Gasteiger partial charge in [0.05, 0.1) is 11.6 Å². The molecule has 0 aliphatic heterocycles. The van der Waals surface area contributed by atoms with Crippen LogP contribution in [0.2, 0.25) is 0 Å². The average Bonchev–Trinajstić information content (AvgIpc) is 2.18. The molecule has 1 saturated carbocycles. The minimum Gasteiger partial charge on any atom is -0.376 e. The molecular weight excluding hydrogens is 174 g/mol. The molecule has 0 amide bonds. The lowest BCUT2D eigenvalue weighted by Gasteiger charge is -2.39. The minimum absolute atomic E-state index is 0.0535. The van der Waals surface area contributed by atoms with E-state index in [1.807, 2.05) is 0 Å². The van der Waals surface area contributed by atoms with Crippen molar-refractivity contribution in [3.63, 3.8) is 0 Å². The topological polar surface area (TPSA) is 35.2 Å². The van der Waals surface area contributed by atoms with Crippen molar-refractivity contribution in [2.45, 2.75) is 57.6 Å². The van der Waals surface area contributed by atoms with Gasteiger partial charge in [0, 0.05) is 7.11 Å². The quantitative estimate of drug-likeness (QED) is 0.706. The van der Waals surface area contributed by atoms with Gasteiger partial charge in [-0.1, -0.05) is 30.9 Å². The Morgan fingerprint density at radius 3 is 2.29 bits per heavy atom. The van der Waals surface area contributed by atoms with Gasteiger partial charge < -0.3 is 10.5 Å².